The first kappa shape index (κ1) is 16.5. The van der Waals surface area contributed by atoms with E-state index in [1.54, 1.807) is 11.3 Å². The van der Waals surface area contributed by atoms with Crippen LogP contribution in [0.3, 0.4) is 0 Å². The monoisotopic (exact) mass is 339 g/mol. The minimum atomic E-state index is 0.348. The van der Waals surface area contributed by atoms with Crippen molar-refractivity contribution in [1.82, 2.24) is 9.38 Å². The van der Waals surface area contributed by atoms with Gasteiger partial charge in [0.15, 0.2) is 4.96 Å². The maximum Gasteiger partial charge on any atom is 0.194 e. The van der Waals surface area contributed by atoms with Gasteiger partial charge in [0.1, 0.15) is 5.75 Å². The van der Waals surface area contributed by atoms with E-state index >= 15 is 0 Å². The number of imidazole rings is 1. The van der Waals surface area contributed by atoms with Gasteiger partial charge in [-0.05, 0) is 36.6 Å². The van der Waals surface area contributed by atoms with Gasteiger partial charge in [-0.25, -0.2) is 4.98 Å². The van der Waals surface area contributed by atoms with Gasteiger partial charge in [-0.2, -0.15) is 5.26 Å². The van der Waals surface area contributed by atoms with Gasteiger partial charge in [0.2, 0.25) is 0 Å². The molecule has 0 aliphatic heterocycles. The molecule has 0 saturated heterocycles. The zero-order valence-corrected chi connectivity index (χ0v) is 15.1. The second-order valence-corrected chi connectivity index (χ2v) is 6.88. The van der Waals surface area contributed by atoms with E-state index in [4.69, 9.17) is 9.72 Å². The molecule has 3 rings (SSSR count). The minimum absolute atomic E-state index is 0.348. The zero-order chi connectivity index (χ0) is 17.1. The maximum absolute atomic E-state index is 9.27. The molecule has 1 aromatic carbocycles. The highest BCUT2D eigenvalue weighted by Gasteiger charge is 2.19. The van der Waals surface area contributed by atoms with E-state index in [9.17, 15) is 5.26 Å². The van der Waals surface area contributed by atoms with Gasteiger partial charge in [-0.3, -0.25) is 4.40 Å². The van der Waals surface area contributed by atoms with Crippen molar-refractivity contribution in [2.24, 2.45) is 0 Å². The molecule has 3 aromatic rings. The number of hydrogen-bond acceptors (Lipinski definition) is 4. The summed E-state index contributed by atoms with van der Waals surface area (Å²) >= 11 is 1.63. The molecule has 24 heavy (non-hydrogen) atoms. The van der Waals surface area contributed by atoms with Crippen molar-refractivity contribution >= 4 is 16.3 Å². The number of benzene rings is 1. The van der Waals surface area contributed by atoms with Crippen LogP contribution in [0.5, 0.6) is 5.75 Å². The van der Waals surface area contributed by atoms with Crippen molar-refractivity contribution in [2.75, 3.05) is 6.61 Å². The van der Waals surface area contributed by atoms with Gasteiger partial charge in [0.25, 0.3) is 0 Å². The van der Waals surface area contributed by atoms with Gasteiger partial charge in [0.05, 0.1) is 30.5 Å². The number of ether oxygens (including phenoxy) is 1. The summed E-state index contributed by atoms with van der Waals surface area (Å²) in [5.74, 6) is 1.26. The highest BCUT2D eigenvalue weighted by Crippen LogP contribution is 2.32. The number of aromatic nitrogens is 2. The van der Waals surface area contributed by atoms with Crippen LogP contribution in [0.15, 0.2) is 29.6 Å². The van der Waals surface area contributed by atoms with Crippen molar-refractivity contribution in [1.29, 1.82) is 5.26 Å². The first-order valence-electron chi connectivity index (χ1n) is 8.24. The lowest BCUT2D eigenvalue weighted by Gasteiger charge is -2.08. The summed E-state index contributed by atoms with van der Waals surface area (Å²) in [5.41, 5.74) is 4.10. The topological polar surface area (TPSA) is 50.3 Å². The molecular formula is C19H21N3OS. The molecule has 0 saturated carbocycles. The molecule has 4 nitrogen and oxygen atoms in total. The van der Waals surface area contributed by atoms with Gasteiger partial charge in [0, 0.05) is 16.6 Å². The molecule has 0 N–H and O–H groups in total. The Bertz CT molecular complexity index is 869. The summed E-state index contributed by atoms with van der Waals surface area (Å²) in [6, 6.07) is 10.3. The van der Waals surface area contributed by atoms with E-state index in [1.165, 1.54) is 5.69 Å². The van der Waals surface area contributed by atoms with Crippen LogP contribution in [0.25, 0.3) is 16.2 Å². The molecule has 0 unspecified atom stereocenters. The second-order valence-electron chi connectivity index (χ2n) is 6.05. The van der Waals surface area contributed by atoms with Crippen LogP contribution in [0.1, 0.15) is 44.5 Å². The van der Waals surface area contributed by atoms with E-state index in [0.29, 0.717) is 12.3 Å². The Kier molecular flexibility index (Phi) is 4.86. The molecular weight excluding hydrogens is 318 g/mol. The van der Waals surface area contributed by atoms with Crippen LogP contribution in [-0.2, 0) is 6.42 Å². The standard InChI is InChI=1S/C19H21N3OS/c1-4-11-23-15-7-5-14(6-8-15)18-16(9-10-20)22-17(13(2)3)12-24-19(22)21-18/h5-8,12-13H,4,9,11H2,1-3H3. The van der Waals surface area contributed by atoms with Crippen molar-refractivity contribution < 1.29 is 4.74 Å². The number of nitriles is 1. The Labute approximate surface area is 146 Å². The predicted molar refractivity (Wildman–Crippen MR) is 97.7 cm³/mol. The van der Waals surface area contributed by atoms with E-state index in [-0.39, 0.29) is 0 Å². The lowest BCUT2D eigenvalue weighted by molar-refractivity contribution is 0.317. The van der Waals surface area contributed by atoms with E-state index in [0.717, 1.165) is 40.7 Å². The Morgan fingerprint density at radius 2 is 2.04 bits per heavy atom. The maximum atomic E-state index is 9.27. The molecule has 0 atom stereocenters. The summed E-state index contributed by atoms with van der Waals surface area (Å²) in [7, 11) is 0. The predicted octanol–water partition coefficient (Wildman–Crippen LogP) is 5.04. The van der Waals surface area contributed by atoms with Crippen molar-refractivity contribution in [2.45, 2.75) is 39.5 Å². The summed E-state index contributed by atoms with van der Waals surface area (Å²) in [5, 5.41) is 11.4. The second kappa shape index (κ2) is 7.06. The largest absolute Gasteiger partial charge is 0.494 e. The molecule has 124 valence electrons. The first-order valence-corrected chi connectivity index (χ1v) is 9.12. The smallest absolute Gasteiger partial charge is 0.194 e. The fourth-order valence-corrected chi connectivity index (χ4v) is 3.80. The molecule has 0 aliphatic rings. The number of hydrogen-bond donors (Lipinski definition) is 0. The van der Waals surface area contributed by atoms with E-state index in [1.807, 2.05) is 24.3 Å². The third kappa shape index (κ3) is 3.02. The lowest BCUT2D eigenvalue weighted by Crippen LogP contribution is -1.99. The SMILES string of the molecule is CCCOc1ccc(-c2nc3scc(C(C)C)n3c2CC#N)cc1. The number of thiazole rings is 1. The molecule has 0 amide bonds. The third-order valence-electron chi connectivity index (χ3n) is 3.92. The molecule has 0 bridgehead atoms. The van der Waals surface area contributed by atoms with Gasteiger partial charge in [-0.15, -0.1) is 11.3 Å². The fourth-order valence-electron chi connectivity index (χ4n) is 2.73. The van der Waals surface area contributed by atoms with Crippen LogP contribution < -0.4 is 4.74 Å². The molecule has 0 fully saturated rings. The molecule has 0 radical (unpaired) electrons. The number of nitrogens with zero attached hydrogens (tertiary/aromatic N) is 3. The third-order valence-corrected chi connectivity index (χ3v) is 4.77. The Balaban J connectivity index is 2.05. The van der Waals surface area contributed by atoms with Gasteiger partial charge >= 0.3 is 0 Å². The van der Waals surface area contributed by atoms with Crippen LogP contribution >= 0.6 is 11.3 Å². The minimum Gasteiger partial charge on any atom is -0.494 e. The average Bonchev–Trinajstić information content (AvgIpc) is 3.14. The highest BCUT2D eigenvalue weighted by molar-refractivity contribution is 7.15. The normalized spacial score (nSPS) is 11.1. The van der Waals surface area contributed by atoms with E-state index in [2.05, 4.69) is 36.6 Å². The fraction of sp³-hybridized carbons (Fsp3) is 0.368. The number of rotatable bonds is 6. The lowest BCUT2D eigenvalue weighted by atomic mass is 10.1. The average molecular weight is 339 g/mol. The van der Waals surface area contributed by atoms with E-state index < -0.39 is 0 Å². The van der Waals surface area contributed by atoms with Gasteiger partial charge in [-0.1, -0.05) is 20.8 Å². The first-order chi connectivity index (χ1) is 11.7. The van der Waals surface area contributed by atoms with Crippen LogP contribution in [-0.4, -0.2) is 16.0 Å². The van der Waals surface area contributed by atoms with Crippen molar-refractivity contribution in [3.05, 3.63) is 41.0 Å². The van der Waals surface area contributed by atoms with Gasteiger partial charge < -0.3 is 4.74 Å². The van der Waals surface area contributed by atoms with Crippen LogP contribution in [0, 0.1) is 11.3 Å². The molecule has 0 aliphatic carbocycles. The molecule has 2 heterocycles. The molecule has 5 heteroatoms. The van der Waals surface area contributed by atoms with Crippen molar-refractivity contribution in [3.63, 3.8) is 0 Å². The highest BCUT2D eigenvalue weighted by atomic mass is 32.1. The quantitative estimate of drug-likeness (QED) is 0.632. The Morgan fingerprint density at radius 3 is 2.67 bits per heavy atom. The Hall–Kier alpha value is -2.32. The van der Waals surface area contributed by atoms with Crippen LogP contribution in [0.2, 0.25) is 0 Å². The summed E-state index contributed by atoms with van der Waals surface area (Å²) in [6.07, 6.45) is 1.34. The summed E-state index contributed by atoms with van der Waals surface area (Å²) in [6.45, 7) is 7.14. The molecule has 2 aromatic heterocycles. The molecule has 0 spiro atoms. The number of fused-ring (bicyclic) bond motifs is 1. The van der Waals surface area contributed by atoms with Crippen LogP contribution in [0.4, 0.5) is 0 Å². The summed E-state index contributed by atoms with van der Waals surface area (Å²) < 4.78 is 7.79. The van der Waals surface area contributed by atoms with Crippen molar-refractivity contribution in [3.8, 4) is 23.1 Å². The Morgan fingerprint density at radius 1 is 1.29 bits per heavy atom. The zero-order valence-electron chi connectivity index (χ0n) is 14.2. The summed E-state index contributed by atoms with van der Waals surface area (Å²) in [4.78, 5) is 5.74.